The van der Waals surface area contributed by atoms with Gasteiger partial charge < -0.3 is 5.32 Å². The minimum absolute atomic E-state index is 0.271. The summed E-state index contributed by atoms with van der Waals surface area (Å²) in [6.07, 6.45) is -1.12. The van der Waals surface area contributed by atoms with Crippen LogP contribution in [-0.2, 0) is 12.7 Å². The summed E-state index contributed by atoms with van der Waals surface area (Å²) in [6.45, 7) is 3.28. The van der Waals surface area contributed by atoms with Gasteiger partial charge in [-0.05, 0) is 36.0 Å². The molecule has 0 aromatic heterocycles. The monoisotopic (exact) mass is 275 g/mol. The van der Waals surface area contributed by atoms with Crippen LogP contribution in [0, 0.1) is 11.2 Å². The highest BCUT2D eigenvalue weighted by atomic mass is 19.4. The van der Waals surface area contributed by atoms with Crippen molar-refractivity contribution in [2.75, 3.05) is 6.54 Å². The maximum Gasteiger partial charge on any atom is 0.419 e. The van der Waals surface area contributed by atoms with Gasteiger partial charge in [-0.15, -0.1) is 0 Å². The maximum absolute atomic E-state index is 13.1. The molecule has 19 heavy (non-hydrogen) atoms. The number of halogens is 4. The lowest BCUT2D eigenvalue weighted by Gasteiger charge is -2.38. The third kappa shape index (κ3) is 3.47. The molecule has 5 heteroatoms. The van der Waals surface area contributed by atoms with Gasteiger partial charge in [0.15, 0.2) is 0 Å². The van der Waals surface area contributed by atoms with Crippen LogP contribution in [0.5, 0.6) is 0 Å². The summed E-state index contributed by atoms with van der Waals surface area (Å²) >= 11 is 0. The van der Waals surface area contributed by atoms with Gasteiger partial charge in [-0.2, -0.15) is 13.2 Å². The van der Waals surface area contributed by atoms with E-state index in [-0.39, 0.29) is 5.41 Å². The number of alkyl halides is 3. The lowest BCUT2D eigenvalue weighted by Crippen LogP contribution is -2.37. The second-order valence-corrected chi connectivity index (χ2v) is 5.58. The topological polar surface area (TPSA) is 12.0 Å². The fourth-order valence-corrected chi connectivity index (χ4v) is 2.37. The smallest absolute Gasteiger partial charge is 0.312 e. The Bertz CT molecular complexity index is 449. The van der Waals surface area contributed by atoms with Crippen LogP contribution < -0.4 is 5.32 Å². The zero-order valence-electron chi connectivity index (χ0n) is 10.8. The fraction of sp³-hybridized carbons (Fsp3) is 0.571. The van der Waals surface area contributed by atoms with Crippen molar-refractivity contribution < 1.29 is 17.6 Å². The van der Waals surface area contributed by atoms with Gasteiger partial charge in [0, 0.05) is 13.1 Å². The Morgan fingerprint density at radius 1 is 1.26 bits per heavy atom. The maximum atomic E-state index is 13.1. The van der Waals surface area contributed by atoms with Gasteiger partial charge in [0.1, 0.15) is 5.82 Å². The quantitative estimate of drug-likeness (QED) is 0.815. The van der Waals surface area contributed by atoms with Crippen molar-refractivity contribution in [3.63, 3.8) is 0 Å². The van der Waals surface area contributed by atoms with E-state index in [9.17, 15) is 17.6 Å². The molecule has 0 aliphatic heterocycles. The molecule has 1 fully saturated rings. The Morgan fingerprint density at radius 3 is 2.47 bits per heavy atom. The zero-order valence-corrected chi connectivity index (χ0v) is 10.8. The summed E-state index contributed by atoms with van der Waals surface area (Å²) < 4.78 is 50.7. The summed E-state index contributed by atoms with van der Waals surface area (Å²) in [5.74, 6) is -1.22. The van der Waals surface area contributed by atoms with Gasteiger partial charge in [0.2, 0.25) is 0 Å². The fourth-order valence-electron chi connectivity index (χ4n) is 2.37. The Morgan fingerprint density at radius 2 is 1.95 bits per heavy atom. The van der Waals surface area contributed by atoms with E-state index in [0.717, 1.165) is 31.5 Å². The van der Waals surface area contributed by atoms with Gasteiger partial charge in [0.25, 0.3) is 0 Å². The number of benzene rings is 1. The van der Waals surface area contributed by atoms with Gasteiger partial charge in [-0.1, -0.05) is 19.4 Å². The summed E-state index contributed by atoms with van der Waals surface area (Å²) in [7, 11) is 0. The molecule has 0 amide bonds. The molecule has 1 saturated carbocycles. The molecular weight excluding hydrogens is 258 g/mol. The van der Waals surface area contributed by atoms with Crippen molar-refractivity contribution in [3.8, 4) is 0 Å². The van der Waals surface area contributed by atoms with E-state index in [0.29, 0.717) is 12.1 Å². The van der Waals surface area contributed by atoms with Crippen LogP contribution >= 0.6 is 0 Å². The van der Waals surface area contributed by atoms with Crippen LogP contribution in [0.2, 0.25) is 0 Å². The highest BCUT2D eigenvalue weighted by Crippen LogP contribution is 2.39. The predicted molar refractivity (Wildman–Crippen MR) is 65.1 cm³/mol. The van der Waals surface area contributed by atoms with E-state index in [2.05, 4.69) is 12.2 Å². The molecule has 0 radical (unpaired) electrons. The average molecular weight is 275 g/mol. The van der Waals surface area contributed by atoms with Crippen molar-refractivity contribution in [1.82, 2.24) is 5.32 Å². The third-order valence-corrected chi connectivity index (χ3v) is 3.78. The van der Waals surface area contributed by atoms with Gasteiger partial charge in [-0.3, -0.25) is 0 Å². The van der Waals surface area contributed by atoms with Gasteiger partial charge >= 0.3 is 6.18 Å². The summed E-state index contributed by atoms with van der Waals surface area (Å²) in [5.41, 5.74) is -0.467. The second-order valence-electron chi connectivity index (χ2n) is 5.58. The Balaban J connectivity index is 1.97. The predicted octanol–water partition coefficient (Wildman–Crippen LogP) is 4.12. The highest BCUT2D eigenvalue weighted by Gasteiger charge is 2.34. The lowest BCUT2D eigenvalue weighted by atomic mass is 9.70. The van der Waals surface area contributed by atoms with Gasteiger partial charge in [0.05, 0.1) is 5.56 Å². The number of nitrogens with one attached hydrogen (secondary N) is 1. The zero-order chi connectivity index (χ0) is 14.1. The Hall–Kier alpha value is -1.10. The van der Waals surface area contributed by atoms with Crippen LogP contribution in [0.4, 0.5) is 17.6 Å². The van der Waals surface area contributed by atoms with Crippen LogP contribution in [-0.4, -0.2) is 6.54 Å². The first-order valence-corrected chi connectivity index (χ1v) is 6.37. The third-order valence-electron chi connectivity index (χ3n) is 3.78. The van der Waals surface area contributed by atoms with Crippen molar-refractivity contribution >= 4 is 0 Å². The first-order chi connectivity index (χ1) is 8.80. The van der Waals surface area contributed by atoms with E-state index in [1.807, 2.05) is 0 Å². The summed E-state index contributed by atoms with van der Waals surface area (Å²) in [4.78, 5) is 0. The highest BCUT2D eigenvalue weighted by molar-refractivity contribution is 5.27. The molecule has 106 valence electrons. The molecular formula is C14H17F4N. The molecule has 0 heterocycles. The molecule has 1 aromatic carbocycles. The minimum Gasteiger partial charge on any atom is -0.312 e. The molecule has 0 atom stereocenters. The van der Waals surface area contributed by atoms with Crippen LogP contribution in [0.3, 0.4) is 0 Å². The minimum atomic E-state index is -4.64. The second kappa shape index (κ2) is 5.12. The van der Waals surface area contributed by atoms with Crippen molar-refractivity contribution in [2.24, 2.45) is 5.41 Å². The molecule has 1 aliphatic rings. The van der Waals surface area contributed by atoms with E-state index in [1.54, 1.807) is 0 Å². The van der Waals surface area contributed by atoms with Crippen LogP contribution in [0.1, 0.15) is 37.3 Å². The van der Waals surface area contributed by atoms with Crippen LogP contribution in [0.15, 0.2) is 18.2 Å². The molecule has 0 spiro atoms. The molecule has 0 saturated heterocycles. The van der Waals surface area contributed by atoms with Crippen molar-refractivity contribution in [1.29, 1.82) is 0 Å². The molecule has 0 unspecified atom stereocenters. The van der Waals surface area contributed by atoms with E-state index >= 15 is 0 Å². The number of rotatable bonds is 4. The first-order valence-electron chi connectivity index (χ1n) is 6.37. The number of hydrogen-bond acceptors (Lipinski definition) is 1. The summed E-state index contributed by atoms with van der Waals surface area (Å²) in [5, 5.41) is 3.15. The lowest BCUT2D eigenvalue weighted by molar-refractivity contribution is -0.140. The van der Waals surface area contributed by atoms with Gasteiger partial charge in [-0.25, -0.2) is 4.39 Å². The van der Waals surface area contributed by atoms with E-state index in [4.69, 9.17) is 0 Å². The van der Waals surface area contributed by atoms with Crippen molar-refractivity contribution in [3.05, 3.63) is 35.1 Å². The normalized spacial score (nSPS) is 18.2. The molecule has 0 bridgehead atoms. The molecule has 1 N–H and O–H groups in total. The molecule has 1 aliphatic carbocycles. The molecule has 1 nitrogen and oxygen atoms in total. The van der Waals surface area contributed by atoms with E-state index in [1.165, 1.54) is 12.5 Å². The largest absolute Gasteiger partial charge is 0.419 e. The molecule has 1 aromatic rings. The van der Waals surface area contributed by atoms with Crippen molar-refractivity contribution in [2.45, 2.75) is 38.9 Å². The average Bonchev–Trinajstić information content (AvgIpc) is 2.27. The Labute approximate surface area is 110 Å². The standard InChI is InChI=1S/C14H17F4N/c1-13(5-2-6-13)9-19-8-10-3-4-12(15)11(7-10)14(16,17)18/h3-4,7,19H,2,5-6,8-9H2,1H3. The Kier molecular flexibility index (Phi) is 3.85. The molecule has 2 rings (SSSR count). The summed E-state index contributed by atoms with van der Waals surface area (Å²) in [6, 6.07) is 3.15. The van der Waals surface area contributed by atoms with Crippen LogP contribution in [0.25, 0.3) is 0 Å². The number of hydrogen-bond donors (Lipinski definition) is 1. The first kappa shape index (κ1) is 14.3. The van der Waals surface area contributed by atoms with E-state index < -0.39 is 17.6 Å². The SMILES string of the molecule is CC1(CNCc2ccc(F)c(C(F)(F)F)c2)CCC1.